The van der Waals surface area contributed by atoms with E-state index in [1.807, 2.05) is 6.92 Å². The molecule has 0 radical (unpaired) electrons. The zero-order valence-electron chi connectivity index (χ0n) is 13.8. The summed E-state index contributed by atoms with van der Waals surface area (Å²) in [5.41, 5.74) is 1.66. The summed E-state index contributed by atoms with van der Waals surface area (Å²) < 4.78 is 14.5. The van der Waals surface area contributed by atoms with Crippen LogP contribution in [-0.4, -0.2) is 27.0 Å². The molecule has 0 fully saturated rings. The van der Waals surface area contributed by atoms with Crippen LogP contribution in [0, 0.1) is 5.82 Å². The third kappa shape index (κ3) is 4.24. The van der Waals surface area contributed by atoms with E-state index >= 15 is 0 Å². The summed E-state index contributed by atoms with van der Waals surface area (Å²) in [6.07, 6.45) is 0.796. The molecule has 0 aliphatic carbocycles. The fraction of sp³-hybridized carbons (Fsp3) is 0.353. The van der Waals surface area contributed by atoms with Crippen LogP contribution in [0.5, 0.6) is 0 Å². The van der Waals surface area contributed by atoms with E-state index in [0.717, 1.165) is 28.3 Å². The number of nitrogens with one attached hydrogen (secondary N) is 1. The second-order valence-electron chi connectivity index (χ2n) is 5.51. The monoisotopic (exact) mass is 379 g/mol. The lowest BCUT2D eigenvalue weighted by atomic mass is 10.2. The molecule has 1 aromatic carbocycles. The first-order chi connectivity index (χ1) is 12.1. The number of nitrogens with zero attached hydrogens (tertiary/aromatic N) is 2. The predicted molar refractivity (Wildman–Crippen MR) is 97.6 cm³/mol. The van der Waals surface area contributed by atoms with Crippen LogP contribution in [0.2, 0.25) is 0 Å². The maximum absolute atomic E-state index is 12.9. The third-order valence-corrected chi connectivity index (χ3v) is 5.88. The van der Waals surface area contributed by atoms with Gasteiger partial charge in [0.2, 0.25) is 5.91 Å². The first kappa shape index (κ1) is 18.0. The average molecular weight is 379 g/mol. The van der Waals surface area contributed by atoms with Crippen molar-refractivity contribution >= 4 is 29.4 Å². The summed E-state index contributed by atoms with van der Waals surface area (Å²) in [5, 5.41) is 3.38. The van der Waals surface area contributed by atoms with E-state index in [1.54, 1.807) is 28.5 Å². The molecule has 0 bridgehead atoms. The van der Waals surface area contributed by atoms with Crippen molar-refractivity contribution in [2.24, 2.45) is 0 Å². The standard InChI is InChI=1S/C17H18FN3O2S2/c1-2-21-16(23)15-13(7-8-24-15)20-17(21)25-10-14(22)19-9-11-3-5-12(18)6-4-11/h3-6H,2,7-10H2,1H3,(H,19,22). The number of carbonyl (C=O) groups is 1. The van der Waals surface area contributed by atoms with Crippen LogP contribution >= 0.6 is 23.5 Å². The Morgan fingerprint density at radius 2 is 2.16 bits per heavy atom. The van der Waals surface area contributed by atoms with Gasteiger partial charge in [-0.2, -0.15) is 0 Å². The number of hydrogen-bond donors (Lipinski definition) is 1. The van der Waals surface area contributed by atoms with E-state index in [4.69, 9.17) is 0 Å². The molecule has 0 spiro atoms. The molecule has 1 amide bonds. The first-order valence-electron chi connectivity index (χ1n) is 7.99. The van der Waals surface area contributed by atoms with Gasteiger partial charge in [-0.15, -0.1) is 11.8 Å². The number of thioether (sulfide) groups is 2. The Morgan fingerprint density at radius 1 is 1.40 bits per heavy atom. The average Bonchev–Trinajstić information content (AvgIpc) is 3.08. The summed E-state index contributed by atoms with van der Waals surface area (Å²) in [7, 11) is 0. The van der Waals surface area contributed by atoms with E-state index in [9.17, 15) is 14.0 Å². The van der Waals surface area contributed by atoms with Crippen LogP contribution in [0.3, 0.4) is 0 Å². The molecule has 1 aliphatic rings. The number of aromatic nitrogens is 2. The zero-order chi connectivity index (χ0) is 17.8. The van der Waals surface area contributed by atoms with Gasteiger partial charge in [0.1, 0.15) is 5.82 Å². The Hall–Kier alpha value is -1.80. The largest absolute Gasteiger partial charge is 0.351 e. The second-order valence-corrected chi connectivity index (χ2v) is 7.56. The highest BCUT2D eigenvalue weighted by molar-refractivity contribution is 8.00. The maximum Gasteiger partial charge on any atom is 0.268 e. The lowest BCUT2D eigenvalue weighted by Crippen LogP contribution is -2.27. The Balaban J connectivity index is 1.61. The molecule has 0 unspecified atom stereocenters. The molecule has 2 aromatic rings. The molecule has 0 atom stereocenters. The number of aryl methyl sites for hydroxylation is 1. The van der Waals surface area contributed by atoms with Gasteiger partial charge in [-0.25, -0.2) is 9.37 Å². The van der Waals surface area contributed by atoms with Gasteiger partial charge in [0, 0.05) is 25.3 Å². The van der Waals surface area contributed by atoms with Crippen molar-refractivity contribution in [1.82, 2.24) is 14.9 Å². The minimum Gasteiger partial charge on any atom is -0.351 e. The summed E-state index contributed by atoms with van der Waals surface area (Å²) >= 11 is 2.82. The number of benzene rings is 1. The topological polar surface area (TPSA) is 64.0 Å². The van der Waals surface area contributed by atoms with Crippen LogP contribution in [0.1, 0.15) is 18.2 Å². The van der Waals surface area contributed by atoms with Gasteiger partial charge < -0.3 is 5.32 Å². The highest BCUT2D eigenvalue weighted by Crippen LogP contribution is 2.28. The van der Waals surface area contributed by atoms with Crippen molar-refractivity contribution in [3.8, 4) is 0 Å². The van der Waals surface area contributed by atoms with Crippen molar-refractivity contribution in [1.29, 1.82) is 0 Å². The molecule has 5 nitrogen and oxygen atoms in total. The summed E-state index contributed by atoms with van der Waals surface area (Å²) in [6.45, 7) is 2.77. The predicted octanol–water partition coefficient (Wildman–Crippen LogP) is 2.46. The van der Waals surface area contributed by atoms with Gasteiger partial charge in [0.05, 0.1) is 16.3 Å². The molecule has 25 heavy (non-hydrogen) atoms. The van der Waals surface area contributed by atoms with Crippen molar-refractivity contribution < 1.29 is 9.18 Å². The van der Waals surface area contributed by atoms with Gasteiger partial charge in [-0.05, 0) is 24.6 Å². The minimum atomic E-state index is -0.302. The van der Waals surface area contributed by atoms with Crippen LogP contribution in [0.15, 0.2) is 39.1 Å². The van der Waals surface area contributed by atoms with E-state index < -0.39 is 0 Å². The van der Waals surface area contributed by atoms with E-state index in [-0.39, 0.29) is 23.0 Å². The normalized spacial score (nSPS) is 12.9. The van der Waals surface area contributed by atoms with Crippen molar-refractivity contribution in [3.05, 3.63) is 51.7 Å². The number of rotatable bonds is 6. The van der Waals surface area contributed by atoms with Gasteiger partial charge in [-0.1, -0.05) is 23.9 Å². The first-order valence-corrected chi connectivity index (χ1v) is 9.96. The zero-order valence-corrected chi connectivity index (χ0v) is 15.4. The molecule has 1 aromatic heterocycles. The van der Waals surface area contributed by atoms with Crippen LogP contribution < -0.4 is 10.9 Å². The second kappa shape index (κ2) is 8.05. The van der Waals surface area contributed by atoms with Crippen LogP contribution in [0.4, 0.5) is 4.39 Å². The fourth-order valence-electron chi connectivity index (χ4n) is 2.50. The summed E-state index contributed by atoms with van der Waals surface area (Å²) in [6, 6.07) is 6.00. The summed E-state index contributed by atoms with van der Waals surface area (Å²) in [5.74, 6) is 0.609. The van der Waals surface area contributed by atoms with Gasteiger partial charge in [-0.3, -0.25) is 14.2 Å². The van der Waals surface area contributed by atoms with E-state index in [0.29, 0.717) is 18.2 Å². The smallest absolute Gasteiger partial charge is 0.268 e. The number of hydrogen-bond acceptors (Lipinski definition) is 5. The number of carbonyl (C=O) groups excluding carboxylic acids is 1. The maximum atomic E-state index is 12.9. The van der Waals surface area contributed by atoms with Crippen molar-refractivity contribution in [2.75, 3.05) is 11.5 Å². The van der Waals surface area contributed by atoms with E-state index in [1.165, 1.54) is 23.9 Å². The quantitative estimate of drug-likeness (QED) is 0.617. The Bertz CT molecular complexity index is 837. The Morgan fingerprint density at radius 3 is 2.88 bits per heavy atom. The SMILES string of the molecule is CCn1c(SCC(=O)NCc2ccc(F)cc2)nc2c(c1=O)SCC2. The molecule has 8 heteroatoms. The minimum absolute atomic E-state index is 0.00998. The molecule has 132 valence electrons. The Labute approximate surface area is 153 Å². The number of fused-ring (bicyclic) bond motifs is 1. The van der Waals surface area contributed by atoms with Crippen LogP contribution in [0.25, 0.3) is 0 Å². The molecule has 0 saturated carbocycles. The van der Waals surface area contributed by atoms with Crippen LogP contribution in [-0.2, 0) is 24.3 Å². The van der Waals surface area contributed by atoms with Gasteiger partial charge in [0.25, 0.3) is 5.56 Å². The highest BCUT2D eigenvalue weighted by atomic mass is 32.2. The lowest BCUT2D eigenvalue weighted by molar-refractivity contribution is -0.118. The molecule has 1 N–H and O–H groups in total. The number of halogens is 1. The molecular weight excluding hydrogens is 361 g/mol. The third-order valence-electron chi connectivity index (χ3n) is 3.80. The molecular formula is C17H18FN3O2S2. The lowest BCUT2D eigenvalue weighted by Gasteiger charge is -2.11. The van der Waals surface area contributed by atoms with Gasteiger partial charge >= 0.3 is 0 Å². The molecule has 1 aliphatic heterocycles. The summed E-state index contributed by atoms with van der Waals surface area (Å²) in [4.78, 5) is 29.8. The fourth-order valence-corrected chi connectivity index (χ4v) is 4.45. The molecule has 2 heterocycles. The van der Waals surface area contributed by atoms with Crippen molar-refractivity contribution in [3.63, 3.8) is 0 Å². The van der Waals surface area contributed by atoms with E-state index in [2.05, 4.69) is 10.3 Å². The van der Waals surface area contributed by atoms with Gasteiger partial charge in [0.15, 0.2) is 5.16 Å². The van der Waals surface area contributed by atoms with Crippen molar-refractivity contribution in [2.45, 2.75) is 36.5 Å². The Kier molecular flexibility index (Phi) is 5.80. The highest BCUT2D eigenvalue weighted by Gasteiger charge is 2.21. The molecule has 3 rings (SSSR count). The number of amides is 1. The molecule has 0 saturated heterocycles.